The first kappa shape index (κ1) is 33.8. The number of nitrogens with zero attached hydrogens (tertiary/aromatic N) is 5. The third-order valence-electron chi connectivity index (χ3n) is 8.73. The molecule has 16 heteroatoms. The van der Waals surface area contributed by atoms with Gasteiger partial charge in [0.15, 0.2) is 5.82 Å². The molecule has 5 heterocycles. The predicted octanol–water partition coefficient (Wildman–Crippen LogP) is 7.29. The molecule has 3 aliphatic rings. The number of hydrogen-bond donors (Lipinski definition) is 2. The molecule has 3 fully saturated rings. The van der Waals surface area contributed by atoms with Gasteiger partial charge in [-0.1, -0.05) is 23.8 Å². The van der Waals surface area contributed by atoms with Crippen LogP contribution in [0.5, 0.6) is 6.01 Å². The molecule has 3 saturated heterocycles. The van der Waals surface area contributed by atoms with Crippen LogP contribution in [-0.2, 0) is 0 Å². The number of hydrogen-bond acceptors (Lipinski definition) is 9. The summed E-state index contributed by atoms with van der Waals surface area (Å²) in [4.78, 5) is 12.7. The molecule has 48 heavy (non-hydrogen) atoms. The summed E-state index contributed by atoms with van der Waals surface area (Å²) < 4.78 is 90.4. The number of ether oxygens (including phenoxy) is 1. The maximum absolute atomic E-state index is 16.3. The van der Waals surface area contributed by atoms with Gasteiger partial charge in [0.1, 0.15) is 34.8 Å². The minimum absolute atomic E-state index is 0.0263. The van der Waals surface area contributed by atoms with E-state index in [9.17, 15) is 22.0 Å². The number of benzene rings is 1. The fourth-order valence-electron chi connectivity index (χ4n) is 6.45. The van der Waals surface area contributed by atoms with E-state index in [0.717, 1.165) is 29.9 Å². The molecule has 252 valence electrons. The molecule has 0 spiro atoms. The molecule has 1 aromatic carbocycles. The van der Waals surface area contributed by atoms with Crippen LogP contribution in [0.1, 0.15) is 35.3 Å². The van der Waals surface area contributed by atoms with Gasteiger partial charge in [0.2, 0.25) is 0 Å². The third kappa shape index (κ3) is 6.75. The average molecular weight is 708 g/mol. The second kappa shape index (κ2) is 13.8. The monoisotopic (exact) mass is 707 g/mol. The van der Waals surface area contributed by atoms with Crippen LogP contribution < -0.4 is 20.7 Å². The highest BCUT2D eigenvalue weighted by atomic mass is 35.5. The molecule has 3 aromatic rings. The summed E-state index contributed by atoms with van der Waals surface area (Å²) in [7, 11) is 0. The normalized spacial score (nSPS) is 21.6. The number of nitrogens with two attached hydrogens (primary N) is 1. The Bertz CT molecular complexity index is 1920. The van der Waals surface area contributed by atoms with Crippen LogP contribution in [0, 0.1) is 17.1 Å². The number of nitrogen functional groups attached to an aromatic ring is 1. The molecule has 0 bridgehead atoms. The maximum Gasteiger partial charge on any atom is 0.319 e. The van der Waals surface area contributed by atoms with Crippen molar-refractivity contribution < 1.29 is 31.1 Å². The van der Waals surface area contributed by atoms with Gasteiger partial charge in [0.25, 0.3) is 12.2 Å². The second-order valence-corrected chi connectivity index (χ2v) is 13.2. The van der Waals surface area contributed by atoms with Crippen LogP contribution in [0.25, 0.3) is 22.8 Å². The van der Waals surface area contributed by atoms with E-state index in [0.29, 0.717) is 26.1 Å². The highest BCUT2D eigenvalue weighted by Crippen LogP contribution is 2.43. The lowest BCUT2D eigenvalue weighted by atomic mass is 9.94. The minimum atomic E-state index is -1.86. The van der Waals surface area contributed by atoms with Crippen LogP contribution in [0.3, 0.4) is 0 Å². The van der Waals surface area contributed by atoms with Crippen molar-refractivity contribution in [2.75, 3.05) is 50.0 Å². The topological polar surface area (TPSA) is 103 Å². The van der Waals surface area contributed by atoms with E-state index in [1.165, 1.54) is 24.3 Å². The molecule has 3 aliphatic heterocycles. The fourth-order valence-corrected chi connectivity index (χ4v) is 7.50. The highest BCUT2D eigenvalue weighted by Gasteiger charge is 2.48. The quantitative estimate of drug-likeness (QED) is 0.186. The number of aromatic nitrogens is 2. The Morgan fingerprint density at radius 2 is 2.04 bits per heavy atom. The number of nitriles is 1. The first-order chi connectivity index (χ1) is 23.0. The Kier molecular flexibility index (Phi) is 9.71. The second-order valence-electron chi connectivity index (χ2n) is 11.7. The molecule has 6 rings (SSSR count). The lowest BCUT2D eigenvalue weighted by Gasteiger charge is -2.34. The minimum Gasteiger partial charge on any atom is -0.461 e. The zero-order chi connectivity index (χ0) is 34.2. The molecule has 0 amide bonds. The van der Waals surface area contributed by atoms with Crippen molar-refractivity contribution in [3.8, 4) is 12.1 Å². The van der Waals surface area contributed by atoms with Gasteiger partial charge in [-0.2, -0.15) is 32.8 Å². The van der Waals surface area contributed by atoms with Crippen LogP contribution >= 0.6 is 22.9 Å². The van der Waals surface area contributed by atoms with Crippen LogP contribution in [0.15, 0.2) is 48.1 Å². The molecule has 0 aliphatic carbocycles. The predicted molar refractivity (Wildman–Crippen MR) is 173 cm³/mol. The molecule has 2 aromatic heterocycles. The summed E-state index contributed by atoms with van der Waals surface area (Å²) in [6.45, 7) is 1.45. The van der Waals surface area contributed by atoms with E-state index < -0.39 is 35.4 Å². The van der Waals surface area contributed by atoms with Crippen molar-refractivity contribution in [3.63, 3.8) is 0 Å². The van der Waals surface area contributed by atoms with Crippen molar-refractivity contribution in [2.24, 2.45) is 0 Å². The number of allylic oxidation sites excluding steroid dienone is 2. The van der Waals surface area contributed by atoms with E-state index in [4.69, 9.17) is 27.3 Å². The average Bonchev–Trinajstić information content (AvgIpc) is 3.73. The molecule has 1 unspecified atom stereocenters. The number of fused-ring (bicyclic) bond motifs is 2. The summed E-state index contributed by atoms with van der Waals surface area (Å²) in [5.74, 6) is -1.37. The first-order valence-electron chi connectivity index (χ1n) is 14.9. The summed E-state index contributed by atoms with van der Waals surface area (Å²) >= 11 is 7.42. The fraction of sp³-hybridized carbons (Fsp3) is 0.344. The van der Waals surface area contributed by atoms with Gasteiger partial charge in [-0.25, -0.2) is 8.78 Å². The molecule has 0 saturated carbocycles. The first-order valence-corrected chi connectivity index (χ1v) is 16.1. The van der Waals surface area contributed by atoms with Crippen molar-refractivity contribution in [3.05, 3.63) is 74.9 Å². The molecule has 0 radical (unpaired) electrons. The Morgan fingerprint density at radius 1 is 1.23 bits per heavy atom. The summed E-state index contributed by atoms with van der Waals surface area (Å²) in [6.07, 6.45) is 2.32. The van der Waals surface area contributed by atoms with Crippen LogP contribution in [-0.4, -0.2) is 65.8 Å². The Hall–Kier alpha value is -4.10. The number of nitrogens with one attached hydrogen (secondary N) is 1. The van der Waals surface area contributed by atoms with E-state index in [1.807, 2.05) is 11.0 Å². The van der Waals surface area contributed by atoms with E-state index in [2.05, 4.69) is 15.3 Å². The number of anilines is 2. The Morgan fingerprint density at radius 3 is 2.77 bits per heavy atom. The molecule has 3 N–H and O–H groups in total. The Balaban J connectivity index is 1.37. The molecular formula is C32H28ClF6N7OS. The number of halogens is 7. The molecular weight excluding hydrogens is 680 g/mol. The third-order valence-corrected chi connectivity index (χ3v) is 10.0. The number of thiophene rings is 1. The zero-order valence-corrected chi connectivity index (χ0v) is 26.8. The summed E-state index contributed by atoms with van der Waals surface area (Å²) in [5.41, 5.74) is 4.93. The van der Waals surface area contributed by atoms with E-state index in [1.54, 1.807) is 4.90 Å². The van der Waals surface area contributed by atoms with Crippen molar-refractivity contribution >= 4 is 56.6 Å². The van der Waals surface area contributed by atoms with Crippen molar-refractivity contribution in [1.29, 1.82) is 5.26 Å². The summed E-state index contributed by atoms with van der Waals surface area (Å²) in [5, 5.41) is 12.4. The Labute approximate surface area is 280 Å². The van der Waals surface area contributed by atoms with Gasteiger partial charge in [-0.3, -0.25) is 4.90 Å². The number of rotatable bonds is 8. The van der Waals surface area contributed by atoms with Gasteiger partial charge >= 0.3 is 6.01 Å². The van der Waals surface area contributed by atoms with Gasteiger partial charge in [0, 0.05) is 48.7 Å². The molecule has 2 atom stereocenters. The van der Waals surface area contributed by atoms with Gasteiger partial charge in [-0.15, -0.1) is 11.3 Å². The maximum atomic E-state index is 16.3. The SMILES string of the molecule is N#Cc1cc(/C(F)=C\C=C\c2c(Cl)cc3c(N4CCNC(C=C(F)F)C4)nc(OC[C@@]45CCCN4CC(=C(F)F)C5)nc3c2F)sc1N. The van der Waals surface area contributed by atoms with E-state index >= 15 is 4.39 Å². The molecule has 8 nitrogen and oxygen atoms in total. The highest BCUT2D eigenvalue weighted by molar-refractivity contribution is 7.17. The standard InChI is InChI=1S/C32H28ClF6N7OS/c33-22-11-21-27(26(37)20(22)3-1-4-23(34)24-9-17(13-40)29(41)48-24)43-31(44-30(21)45-8-6-42-19(15-45)10-25(35)36)47-16-32-5-2-7-46(32)14-18(12-32)28(38)39/h1,3-4,9-11,19,42H,2,5-8,12,14-16,41H2/b3-1+,23-4+/t19?,32-/m0/s1. The summed E-state index contributed by atoms with van der Waals surface area (Å²) in [6, 6.07) is 3.68. The van der Waals surface area contributed by atoms with Crippen LogP contribution in [0.4, 0.5) is 37.2 Å². The van der Waals surface area contributed by atoms with E-state index in [-0.39, 0.29) is 80.4 Å². The van der Waals surface area contributed by atoms with Crippen LogP contribution in [0.2, 0.25) is 5.02 Å². The van der Waals surface area contributed by atoms with Gasteiger partial charge in [0.05, 0.1) is 21.0 Å². The lowest BCUT2D eigenvalue weighted by molar-refractivity contribution is 0.108. The van der Waals surface area contributed by atoms with Crippen molar-refractivity contribution in [1.82, 2.24) is 20.2 Å². The lowest BCUT2D eigenvalue weighted by Crippen LogP contribution is -2.50. The smallest absolute Gasteiger partial charge is 0.319 e. The van der Waals surface area contributed by atoms with Crippen molar-refractivity contribution in [2.45, 2.75) is 30.8 Å². The number of piperazine rings is 1. The van der Waals surface area contributed by atoms with Gasteiger partial charge in [-0.05, 0) is 50.1 Å². The zero-order valence-electron chi connectivity index (χ0n) is 25.2. The van der Waals surface area contributed by atoms with Gasteiger partial charge < -0.3 is 20.7 Å². The largest absolute Gasteiger partial charge is 0.461 e.